The maximum Gasteiger partial charge on any atom is 0.355 e. The second-order valence-corrected chi connectivity index (χ2v) is 7.82. The lowest BCUT2D eigenvalue weighted by Gasteiger charge is -2.07. The van der Waals surface area contributed by atoms with Gasteiger partial charge in [0.05, 0.1) is 13.2 Å². The molecule has 0 aliphatic carbocycles. The number of carbonyl (C=O) groups excluding carboxylic acids is 1. The van der Waals surface area contributed by atoms with Crippen molar-refractivity contribution in [2.75, 3.05) is 7.11 Å². The van der Waals surface area contributed by atoms with Crippen molar-refractivity contribution in [3.8, 4) is 0 Å². The van der Waals surface area contributed by atoms with Gasteiger partial charge >= 0.3 is 5.97 Å². The number of esters is 1. The number of hydrogen-bond donors (Lipinski definition) is 3. The van der Waals surface area contributed by atoms with Crippen molar-refractivity contribution >= 4 is 18.2 Å². The van der Waals surface area contributed by atoms with Crippen LogP contribution < -0.4 is 5.56 Å². The van der Waals surface area contributed by atoms with Gasteiger partial charge in [0, 0.05) is 5.56 Å². The van der Waals surface area contributed by atoms with E-state index in [0.29, 0.717) is 12.0 Å². The SMILES string of the molecule is CCCCCCC(O)C/C=C\CCCCCCc1c(C(=O)OC)[nH]c(=S)[nH]c1=O. The van der Waals surface area contributed by atoms with E-state index in [4.69, 9.17) is 17.0 Å². The van der Waals surface area contributed by atoms with Crippen LogP contribution in [-0.2, 0) is 11.2 Å². The molecule has 1 rings (SSSR count). The Morgan fingerprint density at radius 1 is 1.10 bits per heavy atom. The molecule has 3 N–H and O–H groups in total. The molecule has 0 saturated heterocycles. The van der Waals surface area contributed by atoms with Crippen LogP contribution in [0.5, 0.6) is 0 Å². The third kappa shape index (κ3) is 10.6. The lowest BCUT2D eigenvalue weighted by atomic mass is 10.0. The van der Waals surface area contributed by atoms with E-state index in [1.165, 1.54) is 26.4 Å². The van der Waals surface area contributed by atoms with Crippen molar-refractivity contribution in [1.29, 1.82) is 0 Å². The van der Waals surface area contributed by atoms with Gasteiger partial charge in [-0.1, -0.05) is 57.6 Å². The zero-order chi connectivity index (χ0) is 21.5. The number of aromatic nitrogens is 2. The zero-order valence-corrected chi connectivity index (χ0v) is 18.6. The Balaban J connectivity index is 2.23. The molecule has 6 nitrogen and oxygen atoms in total. The van der Waals surface area contributed by atoms with E-state index in [0.717, 1.165) is 51.4 Å². The summed E-state index contributed by atoms with van der Waals surface area (Å²) in [4.78, 5) is 29.2. The second-order valence-electron chi connectivity index (χ2n) is 7.42. The quantitative estimate of drug-likeness (QED) is 0.160. The van der Waals surface area contributed by atoms with Crippen molar-refractivity contribution < 1.29 is 14.6 Å². The molecule has 0 bridgehead atoms. The van der Waals surface area contributed by atoms with Crippen molar-refractivity contribution in [3.63, 3.8) is 0 Å². The van der Waals surface area contributed by atoms with Gasteiger partial charge in [-0.15, -0.1) is 0 Å². The molecule has 164 valence electrons. The van der Waals surface area contributed by atoms with E-state index in [1.54, 1.807) is 0 Å². The number of unbranched alkanes of at least 4 members (excludes halogenated alkanes) is 7. The summed E-state index contributed by atoms with van der Waals surface area (Å²) in [5.74, 6) is -0.574. The highest BCUT2D eigenvalue weighted by Crippen LogP contribution is 2.11. The smallest absolute Gasteiger partial charge is 0.355 e. The van der Waals surface area contributed by atoms with Crippen LogP contribution in [-0.4, -0.2) is 34.3 Å². The summed E-state index contributed by atoms with van der Waals surface area (Å²) in [5, 5.41) is 9.93. The molecular formula is C22H36N2O4S. The maximum absolute atomic E-state index is 12.1. The van der Waals surface area contributed by atoms with Gasteiger partial charge in [0.25, 0.3) is 5.56 Å². The number of aliphatic hydroxyl groups is 1. The van der Waals surface area contributed by atoms with Gasteiger partial charge in [0.1, 0.15) is 5.69 Å². The molecule has 0 amide bonds. The number of aliphatic hydroxyl groups excluding tert-OH is 1. The topological polar surface area (TPSA) is 95.2 Å². The van der Waals surface area contributed by atoms with Crippen molar-refractivity contribution in [1.82, 2.24) is 9.97 Å². The summed E-state index contributed by atoms with van der Waals surface area (Å²) in [6.45, 7) is 2.19. The summed E-state index contributed by atoms with van der Waals surface area (Å²) >= 11 is 4.92. The fourth-order valence-corrected chi connectivity index (χ4v) is 3.44. The van der Waals surface area contributed by atoms with Gasteiger partial charge in [0.2, 0.25) is 0 Å². The molecule has 1 heterocycles. The normalized spacial score (nSPS) is 12.4. The average Bonchev–Trinajstić information content (AvgIpc) is 2.70. The number of ether oxygens (including phenoxy) is 1. The Morgan fingerprint density at radius 3 is 2.55 bits per heavy atom. The molecule has 1 aromatic heterocycles. The number of allylic oxidation sites excluding steroid dienone is 1. The lowest BCUT2D eigenvalue weighted by Crippen LogP contribution is -2.21. The van der Waals surface area contributed by atoms with Crippen LogP contribution in [0.25, 0.3) is 0 Å². The summed E-state index contributed by atoms with van der Waals surface area (Å²) in [7, 11) is 1.28. The fourth-order valence-electron chi connectivity index (χ4n) is 3.24. The fraction of sp³-hybridized carbons (Fsp3) is 0.682. The largest absolute Gasteiger partial charge is 0.464 e. The highest BCUT2D eigenvalue weighted by atomic mass is 32.1. The highest BCUT2D eigenvalue weighted by molar-refractivity contribution is 7.71. The van der Waals surface area contributed by atoms with Gasteiger partial charge in [-0.2, -0.15) is 0 Å². The molecule has 1 unspecified atom stereocenters. The van der Waals surface area contributed by atoms with E-state index in [-0.39, 0.29) is 22.1 Å². The van der Waals surface area contributed by atoms with Gasteiger partial charge in [-0.25, -0.2) is 4.79 Å². The molecule has 1 atom stereocenters. The van der Waals surface area contributed by atoms with Crippen LogP contribution in [0.1, 0.15) is 93.6 Å². The summed E-state index contributed by atoms with van der Waals surface area (Å²) in [6.07, 6.45) is 15.8. The molecule has 0 radical (unpaired) electrons. The maximum atomic E-state index is 12.1. The minimum atomic E-state index is -0.574. The molecule has 1 aromatic rings. The van der Waals surface area contributed by atoms with Gasteiger partial charge < -0.3 is 14.8 Å². The standard InChI is InChI=1S/C22H36N2O4S/c1-3-4-5-11-14-17(25)15-12-9-7-6-8-10-13-16-18-19(21(27)28-2)23-22(29)24-20(18)26/h9,12,17,25H,3-8,10-11,13-16H2,1-2H3,(H2,23,24,26,29)/b12-9-. The zero-order valence-electron chi connectivity index (χ0n) is 17.8. The Morgan fingerprint density at radius 2 is 1.83 bits per heavy atom. The lowest BCUT2D eigenvalue weighted by molar-refractivity contribution is 0.0592. The van der Waals surface area contributed by atoms with Crippen LogP contribution in [0, 0.1) is 4.77 Å². The summed E-state index contributed by atoms with van der Waals surface area (Å²) in [5.41, 5.74) is 0.223. The van der Waals surface area contributed by atoms with E-state index in [9.17, 15) is 14.7 Å². The third-order valence-corrected chi connectivity index (χ3v) is 5.15. The van der Waals surface area contributed by atoms with Crippen LogP contribution in [0.3, 0.4) is 0 Å². The number of aromatic amines is 2. The Bertz CT molecular complexity index is 739. The molecule has 29 heavy (non-hydrogen) atoms. The number of nitrogens with one attached hydrogen (secondary N) is 2. The first kappa shape index (κ1) is 25.3. The van der Waals surface area contributed by atoms with E-state index in [1.807, 2.05) is 0 Å². The molecular weight excluding hydrogens is 388 g/mol. The van der Waals surface area contributed by atoms with Crippen LogP contribution in [0.15, 0.2) is 16.9 Å². The van der Waals surface area contributed by atoms with Gasteiger partial charge in [0.15, 0.2) is 4.77 Å². The molecule has 0 spiro atoms. The molecule has 0 aliphatic heterocycles. The van der Waals surface area contributed by atoms with Crippen molar-refractivity contribution in [2.45, 2.75) is 90.1 Å². The average molecular weight is 425 g/mol. The number of methoxy groups -OCH3 is 1. The molecule has 0 aromatic carbocycles. The van der Waals surface area contributed by atoms with E-state index in [2.05, 4.69) is 29.0 Å². The number of hydrogen-bond acceptors (Lipinski definition) is 5. The second kappa shape index (κ2) is 15.2. The highest BCUT2D eigenvalue weighted by Gasteiger charge is 2.15. The van der Waals surface area contributed by atoms with E-state index < -0.39 is 5.97 Å². The predicted octanol–water partition coefficient (Wildman–Crippen LogP) is 4.99. The minimum Gasteiger partial charge on any atom is -0.464 e. The number of carbonyl (C=O) groups is 1. The Labute approximate surface area is 178 Å². The molecule has 0 fully saturated rings. The van der Waals surface area contributed by atoms with E-state index >= 15 is 0 Å². The van der Waals surface area contributed by atoms with Crippen molar-refractivity contribution in [2.24, 2.45) is 0 Å². The number of rotatable bonds is 15. The molecule has 0 saturated carbocycles. The van der Waals surface area contributed by atoms with Crippen LogP contribution in [0.2, 0.25) is 0 Å². The predicted molar refractivity (Wildman–Crippen MR) is 119 cm³/mol. The summed E-state index contributed by atoms with van der Waals surface area (Å²) in [6, 6.07) is 0. The minimum absolute atomic E-state index is 0.122. The van der Waals surface area contributed by atoms with Crippen molar-refractivity contribution in [3.05, 3.63) is 38.5 Å². The number of H-pyrrole nitrogens is 2. The van der Waals surface area contributed by atoms with Crippen LogP contribution >= 0.6 is 12.2 Å². The van der Waals surface area contributed by atoms with Gasteiger partial charge in [-0.3, -0.25) is 9.78 Å². The Hall–Kier alpha value is -1.73. The molecule has 7 heteroatoms. The monoisotopic (exact) mass is 424 g/mol. The third-order valence-electron chi connectivity index (χ3n) is 4.94. The Kier molecular flexibility index (Phi) is 13.2. The first-order valence-electron chi connectivity index (χ1n) is 10.8. The molecule has 0 aliphatic rings. The first-order valence-corrected chi connectivity index (χ1v) is 11.2. The van der Waals surface area contributed by atoms with Gasteiger partial charge in [-0.05, 0) is 50.7 Å². The summed E-state index contributed by atoms with van der Waals surface area (Å²) < 4.78 is 4.85. The van der Waals surface area contributed by atoms with Crippen LogP contribution in [0.4, 0.5) is 0 Å². The first-order chi connectivity index (χ1) is 14.0.